The lowest BCUT2D eigenvalue weighted by atomic mass is 9.99. The van der Waals surface area contributed by atoms with Gasteiger partial charge >= 0.3 is 0 Å². The number of halogens is 1. The average Bonchev–Trinajstić information content (AvgIpc) is 2.77. The van der Waals surface area contributed by atoms with Gasteiger partial charge < -0.3 is 29.8 Å². The second kappa shape index (κ2) is 11.3. The Morgan fingerprint density at radius 2 is 1.94 bits per heavy atom. The van der Waals surface area contributed by atoms with Crippen LogP contribution in [0.5, 0.6) is 11.5 Å². The molecule has 3 aromatic rings. The van der Waals surface area contributed by atoms with Crippen molar-refractivity contribution in [3.05, 3.63) is 57.1 Å². The SMILES string of the molecule is COc1cc2c(cc1Nc1ncc(Cl)c(Nc3c[nH]c(=O)cc3OP(C)C)n1)CN(C)CC2.P. The number of hydrogen-bond acceptors (Lipinski definition) is 8. The topological polar surface area (TPSA) is 104 Å². The Hall–Kier alpha value is -2.44. The molecule has 1 aliphatic rings. The highest BCUT2D eigenvalue weighted by Gasteiger charge is 2.18. The minimum Gasteiger partial charge on any atom is -0.495 e. The zero-order chi connectivity index (χ0) is 23.5. The fourth-order valence-electron chi connectivity index (χ4n) is 3.58. The highest BCUT2D eigenvalue weighted by molar-refractivity contribution is 7.51. The van der Waals surface area contributed by atoms with Gasteiger partial charge in [0.2, 0.25) is 5.95 Å². The number of ether oxygens (including phenoxy) is 1. The molecule has 0 amide bonds. The maximum absolute atomic E-state index is 11.8. The van der Waals surface area contributed by atoms with Gasteiger partial charge in [-0.3, -0.25) is 4.79 Å². The quantitative estimate of drug-likeness (QED) is 0.392. The number of benzene rings is 1. The van der Waals surface area contributed by atoms with E-state index in [1.54, 1.807) is 7.11 Å². The molecule has 1 unspecified atom stereocenters. The van der Waals surface area contributed by atoms with Gasteiger partial charge in [0.1, 0.15) is 10.8 Å². The Bertz CT molecular complexity index is 1220. The first-order chi connectivity index (χ1) is 15.8. The van der Waals surface area contributed by atoms with Gasteiger partial charge in [-0.05, 0) is 50.1 Å². The van der Waals surface area contributed by atoms with E-state index in [0.717, 1.165) is 30.9 Å². The average molecular weight is 523 g/mol. The fraction of sp³-hybridized carbons (Fsp3) is 0.318. The van der Waals surface area contributed by atoms with Crippen LogP contribution in [0.4, 0.5) is 23.1 Å². The van der Waals surface area contributed by atoms with Gasteiger partial charge in [-0.2, -0.15) is 14.9 Å². The number of aromatic amines is 1. The second-order valence-corrected chi connectivity index (χ2v) is 10.1. The number of nitrogens with zero attached hydrogens (tertiary/aromatic N) is 3. The highest BCUT2D eigenvalue weighted by Crippen LogP contribution is 2.37. The van der Waals surface area contributed by atoms with Crippen LogP contribution in [0.25, 0.3) is 0 Å². The summed E-state index contributed by atoms with van der Waals surface area (Å²) in [6, 6.07) is 5.54. The first-order valence-corrected chi connectivity index (χ1v) is 12.9. The van der Waals surface area contributed by atoms with E-state index >= 15 is 0 Å². The molecule has 4 rings (SSSR count). The molecule has 0 aliphatic carbocycles. The van der Waals surface area contributed by atoms with Crippen LogP contribution in [0.3, 0.4) is 0 Å². The van der Waals surface area contributed by atoms with Crippen LogP contribution in [-0.2, 0) is 13.0 Å². The molecule has 12 heteroatoms. The third-order valence-corrected chi connectivity index (χ3v) is 5.97. The van der Waals surface area contributed by atoms with E-state index in [0.29, 0.717) is 28.2 Å². The van der Waals surface area contributed by atoms with Crippen molar-refractivity contribution in [1.29, 1.82) is 0 Å². The van der Waals surface area contributed by atoms with Gasteiger partial charge in [0.25, 0.3) is 5.56 Å². The molecule has 1 aliphatic heterocycles. The van der Waals surface area contributed by atoms with Crippen LogP contribution in [0, 0.1) is 0 Å². The zero-order valence-electron chi connectivity index (χ0n) is 19.6. The Morgan fingerprint density at radius 3 is 2.68 bits per heavy atom. The molecule has 0 spiro atoms. The lowest BCUT2D eigenvalue weighted by molar-refractivity contribution is 0.312. The van der Waals surface area contributed by atoms with Crippen LogP contribution in [-0.4, -0.2) is 53.9 Å². The van der Waals surface area contributed by atoms with Gasteiger partial charge in [0, 0.05) is 25.4 Å². The van der Waals surface area contributed by atoms with Crippen molar-refractivity contribution in [2.75, 3.05) is 44.7 Å². The fourth-order valence-corrected chi connectivity index (χ4v) is 4.26. The van der Waals surface area contributed by atoms with E-state index in [1.165, 1.54) is 29.6 Å². The summed E-state index contributed by atoms with van der Waals surface area (Å²) in [5, 5.41) is 6.71. The van der Waals surface area contributed by atoms with Gasteiger partial charge in [-0.25, -0.2) is 4.98 Å². The predicted octanol–water partition coefficient (Wildman–Crippen LogP) is 4.40. The van der Waals surface area contributed by atoms with Gasteiger partial charge in [-0.1, -0.05) is 11.6 Å². The molecule has 1 aromatic carbocycles. The maximum Gasteiger partial charge on any atom is 0.251 e. The molecule has 0 bridgehead atoms. The number of hydrogen-bond donors (Lipinski definition) is 3. The lowest BCUT2D eigenvalue weighted by Gasteiger charge is -2.26. The summed E-state index contributed by atoms with van der Waals surface area (Å²) in [4.78, 5) is 25.5. The number of likely N-dealkylation sites (N-methyl/N-ethyl adjacent to an activating group) is 1. The smallest absolute Gasteiger partial charge is 0.251 e. The van der Waals surface area contributed by atoms with Crippen molar-refractivity contribution in [2.24, 2.45) is 0 Å². The van der Waals surface area contributed by atoms with E-state index in [2.05, 4.69) is 49.7 Å². The Morgan fingerprint density at radius 1 is 1.15 bits per heavy atom. The minimum absolute atomic E-state index is 0. The van der Waals surface area contributed by atoms with Crippen molar-refractivity contribution in [1.82, 2.24) is 19.9 Å². The van der Waals surface area contributed by atoms with E-state index < -0.39 is 8.15 Å². The van der Waals surface area contributed by atoms with E-state index in [1.807, 2.05) is 13.3 Å². The number of H-pyrrole nitrogens is 1. The number of pyridine rings is 1. The van der Waals surface area contributed by atoms with Crippen LogP contribution >= 0.6 is 29.6 Å². The third kappa shape index (κ3) is 6.16. The normalized spacial score (nSPS) is 13.1. The molecule has 3 heterocycles. The highest BCUT2D eigenvalue weighted by atomic mass is 35.5. The first-order valence-electron chi connectivity index (χ1n) is 10.4. The summed E-state index contributed by atoms with van der Waals surface area (Å²) in [7, 11) is 3.02. The summed E-state index contributed by atoms with van der Waals surface area (Å²) < 4.78 is 11.4. The standard InChI is InChI=1S/C22H26ClN6O3P.H3P/c1-29-6-5-13-8-18(31-2)16(7-14(13)12-29)27-22-25-10-15(23)21(28-22)26-17-11-24-20(30)9-19(17)32-33(3)4;/h7-11H,5-6,12H2,1-4H3,(H,24,30)(H2,25,26,27,28);1H3. The zero-order valence-corrected chi connectivity index (χ0v) is 22.7. The molecule has 3 N–H and O–H groups in total. The summed E-state index contributed by atoms with van der Waals surface area (Å²) in [6.45, 7) is 5.79. The maximum atomic E-state index is 11.8. The van der Waals surface area contributed by atoms with Gasteiger partial charge in [0.05, 0.1) is 32.8 Å². The van der Waals surface area contributed by atoms with Crippen molar-refractivity contribution < 1.29 is 9.26 Å². The summed E-state index contributed by atoms with van der Waals surface area (Å²) in [5.41, 5.74) is 3.59. The van der Waals surface area contributed by atoms with Crippen LogP contribution in [0.15, 0.2) is 35.4 Å². The molecule has 2 aromatic heterocycles. The predicted molar refractivity (Wildman–Crippen MR) is 144 cm³/mol. The molecule has 0 fully saturated rings. The molecular weight excluding hydrogens is 494 g/mol. The van der Waals surface area contributed by atoms with Crippen molar-refractivity contribution in [3.8, 4) is 11.5 Å². The van der Waals surface area contributed by atoms with Crippen LogP contribution < -0.4 is 25.5 Å². The monoisotopic (exact) mass is 522 g/mol. The van der Waals surface area contributed by atoms with Crippen molar-refractivity contribution >= 4 is 52.8 Å². The number of fused-ring (bicyclic) bond motifs is 1. The largest absolute Gasteiger partial charge is 0.495 e. The van der Waals surface area contributed by atoms with E-state index in [-0.39, 0.29) is 15.5 Å². The lowest BCUT2D eigenvalue weighted by Crippen LogP contribution is -2.26. The number of aromatic nitrogens is 3. The number of rotatable bonds is 7. The second-order valence-electron chi connectivity index (χ2n) is 7.93. The Labute approximate surface area is 208 Å². The number of methoxy groups -OCH3 is 1. The molecule has 0 saturated carbocycles. The number of anilines is 4. The van der Waals surface area contributed by atoms with E-state index in [9.17, 15) is 4.79 Å². The van der Waals surface area contributed by atoms with Crippen molar-refractivity contribution in [3.63, 3.8) is 0 Å². The van der Waals surface area contributed by atoms with Crippen molar-refractivity contribution in [2.45, 2.75) is 13.0 Å². The molecule has 0 radical (unpaired) electrons. The summed E-state index contributed by atoms with van der Waals surface area (Å²) >= 11 is 6.35. The Balaban J connectivity index is 0.00000324. The molecule has 1 atom stereocenters. The van der Waals surface area contributed by atoms with E-state index in [4.69, 9.17) is 20.9 Å². The summed E-state index contributed by atoms with van der Waals surface area (Å²) in [6.07, 6.45) is 4.02. The van der Waals surface area contributed by atoms with Crippen LogP contribution in [0.2, 0.25) is 5.02 Å². The molecule has 0 saturated heterocycles. The molecule has 9 nitrogen and oxygen atoms in total. The number of nitrogens with one attached hydrogen (secondary N) is 3. The minimum atomic E-state index is -0.729. The molecule has 34 heavy (non-hydrogen) atoms. The Kier molecular flexibility index (Phi) is 8.72. The third-order valence-electron chi connectivity index (χ3n) is 5.14. The molecular formula is C22H29ClN6O3P2. The molecule has 182 valence electrons. The summed E-state index contributed by atoms with van der Waals surface area (Å²) in [5.74, 6) is 1.88. The first kappa shape index (κ1) is 26.2. The van der Waals surface area contributed by atoms with Gasteiger partial charge in [0.15, 0.2) is 11.6 Å². The van der Waals surface area contributed by atoms with Gasteiger partial charge in [-0.15, -0.1) is 0 Å². The van der Waals surface area contributed by atoms with Crippen LogP contribution in [0.1, 0.15) is 11.1 Å².